The van der Waals surface area contributed by atoms with E-state index in [2.05, 4.69) is 5.32 Å². The summed E-state index contributed by atoms with van der Waals surface area (Å²) in [5, 5.41) is 3.04. The van der Waals surface area contributed by atoms with Gasteiger partial charge < -0.3 is 14.8 Å². The molecular formula is C12H13NO4. The lowest BCUT2D eigenvalue weighted by Crippen LogP contribution is -2.39. The molecule has 90 valence electrons. The van der Waals surface area contributed by atoms with E-state index in [1.807, 2.05) is 0 Å². The lowest BCUT2D eigenvalue weighted by Gasteiger charge is -2.26. The lowest BCUT2D eigenvalue weighted by atomic mass is 10.1. The van der Waals surface area contributed by atoms with E-state index in [-0.39, 0.29) is 0 Å². The standard InChI is InChI=1S/C12H13NO4/c1-2-16-12(15)10-6-13-9-5-3-4-8(7-14)11(9)17-10/h3-5,7,10,13H,2,6H2,1H3. The van der Waals surface area contributed by atoms with Crippen molar-refractivity contribution >= 4 is 17.9 Å². The average Bonchev–Trinajstić information content (AvgIpc) is 2.37. The largest absolute Gasteiger partial charge is 0.474 e. The van der Waals surface area contributed by atoms with E-state index in [0.717, 1.165) is 5.69 Å². The number of hydrogen-bond donors (Lipinski definition) is 1. The van der Waals surface area contributed by atoms with Gasteiger partial charge in [0, 0.05) is 0 Å². The molecule has 1 aliphatic rings. The number of esters is 1. The molecule has 0 aliphatic carbocycles. The van der Waals surface area contributed by atoms with Gasteiger partial charge in [-0.3, -0.25) is 4.79 Å². The Kier molecular flexibility index (Phi) is 3.27. The van der Waals surface area contributed by atoms with Crippen LogP contribution in [0.25, 0.3) is 0 Å². The van der Waals surface area contributed by atoms with Crippen LogP contribution in [-0.4, -0.2) is 31.5 Å². The number of aldehydes is 1. The molecule has 0 bridgehead atoms. The van der Waals surface area contributed by atoms with Gasteiger partial charge in [0.05, 0.1) is 24.4 Å². The Morgan fingerprint density at radius 3 is 3.18 bits per heavy atom. The predicted octanol–water partition coefficient (Wildman–Crippen LogP) is 1.24. The Morgan fingerprint density at radius 1 is 1.65 bits per heavy atom. The van der Waals surface area contributed by atoms with E-state index in [4.69, 9.17) is 9.47 Å². The van der Waals surface area contributed by atoms with Crippen LogP contribution in [0.15, 0.2) is 18.2 Å². The second-order valence-electron chi connectivity index (χ2n) is 3.58. The lowest BCUT2D eigenvalue weighted by molar-refractivity contribution is -0.150. The number of benzene rings is 1. The minimum atomic E-state index is -0.705. The van der Waals surface area contributed by atoms with E-state index in [1.165, 1.54) is 0 Å². The zero-order chi connectivity index (χ0) is 12.3. The number of nitrogens with one attached hydrogen (secondary N) is 1. The van der Waals surface area contributed by atoms with Gasteiger partial charge in [-0.2, -0.15) is 0 Å². The minimum Gasteiger partial charge on any atom is -0.474 e. The first kappa shape index (κ1) is 11.4. The molecule has 1 aromatic rings. The highest BCUT2D eigenvalue weighted by atomic mass is 16.6. The van der Waals surface area contributed by atoms with Crippen LogP contribution in [0.4, 0.5) is 5.69 Å². The van der Waals surface area contributed by atoms with Gasteiger partial charge in [-0.05, 0) is 19.1 Å². The van der Waals surface area contributed by atoms with Crippen molar-refractivity contribution in [1.29, 1.82) is 0 Å². The highest BCUT2D eigenvalue weighted by Gasteiger charge is 2.28. The van der Waals surface area contributed by atoms with Crippen molar-refractivity contribution in [3.63, 3.8) is 0 Å². The average molecular weight is 235 g/mol. The highest BCUT2D eigenvalue weighted by molar-refractivity contribution is 5.86. The minimum absolute atomic E-state index is 0.306. The zero-order valence-electron chi connectivity index (χ0n) is 9.43. The molecule has 2 rings (SSSR count). The van der Waals surface area contributed by atoms with E-state index in [9.17, 15) is 9.59 Å². The first-order valence-corrected chi connectivity index (χ1v) is 5.41. The maximum Gasteiger partial charge on any atom is 0.349 e. The van der Waals surface area contributed by atoms with Crippen LogP contribution >= 0.6 is 0 Å². The van der Waals surface area contributed by atoms with Gasteiger partial charge in [-0.15, -0.1) is 0 Å². The molecule has 1 aliphatic heterocycles. The number of ether oxygens (including phenoxy) is 2. The third-order valence-corrected chi connectivity index (χ3v) is 2.46. The number of carbonyl (C=O) groups is 2. The fourth-order valence-corrected chi connectivity index (χ4v) is 1.67. The molecule has 1 N–H and O–H groups in total. The van der Waals surface area contributed by atoms with Crippen molar-refractivity contribution in [2.45, 2.75) is 13.0 Å². The Bertz CT molecular complexity index is 444. The van der Waals surface area contributed by atoms with Crippen molar-refractivity contribution in [3.05, 3.63) is 23.8 Å². The Morgan fingerprint density at radius 2 is 2.47 bits per heavy atom. The SMILES string of the molecule is CCOC(=O)C1CNc2cccc(C=O)c2O1. The van der Waals surface area contributed by atoms with Gasteiger partial charge in [0.1, 0.15) is 0 Å². The summed E-state index contributed by atoms with van der Waals surface area (Å²) < 4.78 is 10.4. The van der Waals surface area contributed by atoms with E-state index < -0.39 is 12.1 Å². The summed E-state index contributed by atoms with van der Waals surface area (Å²) in [5.74, 6) is -0.0156. The highest BCUT2D eigenvalue weighted by Crippen LogP contribution is 2.32. The van der Waals surface area contributed by atoms with Gasteiger partial charge in [0.15, 0.2) is 12.0 Å². The number of hydrogen-bond acceptors (Lipinski definition) is 5. The third-order valence-electron chi connectivity index (χ3n) is 2.46. The van der Waals surface area contributed by atoms with Gasteiger partial charge in [0.2, 0.25) is 6.10 Å². The van der Waals surface area contributed by atoms with Crippen LogP contribution in [0.2, 0.25) is 0 Å². The Hall–Kier alpha value is -2.04. The van der Waals surface area contributed by atoms with Crippen molar-refractivity contribution in [2.24, 2.45) is 0 Å². The molecule has 1 unspecified atom stereocenters. The third kappa shape index (κ3) is 2.22. The van der Waals surface area contributed by atoms with Crippen LogP contribution < -0.4 is 10.1 Å². The van der Waals surface area contributed by atoms with E-state index in [1.54, 1.807) is 25.1 Å². The summed E-state index contributed by atoms with van der Waals surface area (Å²) in [6.07, 6.45) is -0.00262. The zero-order valence-corrected chi connectivity index (χ0v) is 9.43. The molecule has 0 radical (unpaired) electrons. The summed E-state index contributed by atoms with van der Waals surface area (Å²) >= 11 is 0. The summed E-state index contributed by atoms with van der Waals surface area (Å²) in [7, 11) is 0. The van der Waals surface area contributed by atoms with Crippen LogP contribution in [0, 0.1) is 0 Å². The van der Waals surface area contributed by atoms with Gasteiger partial charge in [-0.25, -0.2) is 4.79 Å². The molecule has 0 spiro atoms. The molecule has 5 nitrogen and oxygen atoms in total. The summed E-state index contributed by atoms with van der Waals surface area (Å²) in [4.78, 5) is 22.4. The van der Waals surface area contributed by atoms with Gasteiger partial charge >= 0.3 is 5.97 Å². The second kappa shape index (κ2) is 4.86. The molecule has 0 saturated carbocycles. The number of para-hydroxylation sites is 1. The molecule has 1 heterocycles. The number of rotatable bonds is 3. The number of carbonyl (C=O) groups excluding carboxylic acids is 2. The van der Waals surface area contributed by atoms with Crippen LogP contribution in [0.3, 0.4) is 0 Å². The fraction of sp³-hybridized carbons (Fsp3) is 0.333. The van der Waals surface area contributed by atoms with Crippen LogP contribution in [0.5, 0.6) is 5.75 Å². The Labute approximate surface area is 98.7 Å². The topological polar surface area (TPSA) is 64.6 Å². The number of anilines is 1. The first-order chi connectivity index (χ1) is 8.26. The number of fused-ring (bicyclic) bond motifs is 1. The molecule has 5 heteroatoms. The molecule has 1 atom stereocenters. The van der Waals surface area contributed by atoms with Gasteiger partial charge in [0.25, 0.3) is 0 Å². The molecule has 1 aromatic carbocycles. The first-order valence-electron chi connectivity index (χ1n) is 5.41. The second-order valence-corrected chi connectivity index (χ2v) is 3.58. The maximum absolute atomic E-state index is 11.5. The van der Waals surface area contributed by atoms with Gasteiger partial charge in [-0.1, -0.05) is 6.07 Å². The van der Waals surface area contributed by atoms with Crippen LogP contribution in [-0.2, 0) is 9.53 Å². The normalized spacial score (nSPS) is 17.4. The van der Waals surface area contributed by atoms with Crippen molar-refractivity contribution in [1.82, 2.24) is 0 Å². The van der Waals surface area contributed by atoms with Crippen molar-refractivity contribution < 1.29 is 19.1 Å². The van der Waals surface area contributed by atoms with Crippen molar-refractivity contribution in [3.8, 4) is 5.75 Å². The van der Waals surface area contributed by atoms with Crippen molar-refractivity contribution in [2.75, 3.05) is 18.5 Å². The summed E-state index contributed by atoms with van der Waals surface area (Å²) in [6, 6.07) is 5.19. The van der Waals surface area contributed by atoms with E-state index >= 15 is 0 Å². The summed E-state index contributed by atoms with van der Waals surface area (Å²) in [6.45, 7) is 2.38. The molecule has 0 amide bonds. The Balaban J connectivity index is 2.22. The molecule has 0 aromatic heterocycles. The monoisotopic (exact) mass is 235 g/mol. The van der Waals surface area contributed by atoms with E-state index in [0.29, 0.717) is 30.8 Å². The molecule has 17 heavy (non-hydrogen) atoms. The maximum atomic E-state index is 11.5. The summed E-state index contributed by atoms with van der Waals surface area (Å²) in [5.41, 5.74) is 1.14. The molecule has 0 saturated heterocycles. The smallest absolute Gasteiger partial charge is 0.349 e. The quantitative estimate of drug-likeness (QED) is 0.630. The molecule has 0 fully saturated rings. The predicted molar refractivity (Wildman–Crippen MR) is 61.4 cm³/mol. The molecular weight excluding hydrogens is 222 g/mol. The van der Waals surface area contributed by atoms with Crippen LogP contribution in [0.1, 0.15) is 17.3 Å². The fourth-order valence-electron chi connectivity index (χ4n) is 1.67.